The fraction of sp³-hybridized carbons (Fsp3) is 0.250. The van der Waals surface area contributed by atoms with Gasteiger partial charge in [-0.2, -0.15) is 5.10 Å². The van der Waals surface area contributed by atoms with Crippen LogP contribution in [0, 0.1) is 5.92 Å². The summed E-state index contributed by atoms with van der Waals surface area (Å²) < 4.78 is 1.92. The molecule has 0 radical (unpaired) electrons. The van der Waals surface area contributed by atoms with Gasteiger partial charge >= 0.3 is 0 Å². The summed E-state index contributed by atoms with van der Waals surface area (Å²) in [5, 5.41) is 4.82. The number of para-hydroxylation sites is 1. The molecule has 27 heavy (non-hydrogen) atoms. The minimum absolute atomic E-state index is 0.153. The first kappa shape index (κ1) is 17.5. The third-order valence-corrected chi connectivity index (χ3v) is 4.99. The van der Waals surface area contributed by atoms with Gasteiger partial charge in [-0.1, -0.05) is 56.3 Å². The van der Waals surface area contributed by atoms with E-state index in [1.165, 1.54) is 0 Å². The molecule has 0 fully saturated rings. The lowest BCUT2D eigenvalue weighted by Gasteiger charge is -2.17. The summed E-state index contributed by atoms with van der Waals surface area (Å²) in [5.41, 5.74) is 6.01. The summed E-state index contributed by atoms with van der Waals surface area (Å²) in [7, 11) is 0. The molecule has 0 atom stereocenters. The Morgan fingerprint density at radius 1 is 1.04 bits per heavy atom. The van der Waals surface area contributed by atoms with E-state index in [1.54, 1.807) is 0 Å². The van der Waals surface area contributed by atoms with E-state index in [0.29, 0.717) is 5.92 Å². The predicted octanol–water partition coefficient (Wildman–Crippen LogP) is 5.28. The normalized spacial score (nSPS) is 15.4. The number of rotatable bonds is 4. The van der Waals surface area contributed by atoms with Gasteiger partial charge in [-0.15, -0.1) is 0 Å². The van der Waals surface area contributed by atoms with Crippen molar-refractivity contribution in [2.75, 3.05) is 0 Å². The van der Waals surface area contributed by atoms with Crippen molar-refractivity contribution >= 4 is 11.9 Å². The van der Waals surface area contributed by atoms with Crippen LogP contribution in [0.1, 0.15) is 47.4 Å². The number of hydrogen-bond donors (Lipinski definition) is 0. The molecule has 2 aromatic carbocycles. The second kappa shape index (κ2) is 7.36. The molecule has 1 heterocycles. The Hall–Kier alpha value is -2.94. The van der Waals surface area contributed by atoms with Crippen LogP contribution in [0.25, 0.3) is 11.8 Å². The van der Waals surface area contributed by atoms with Gasteiger partial charge in [0.05, 0.1) is 11.4 Å². The van der Waals surface area contributed by atoms with Crippen LogP contribution in [0.4, 0.5) is 0 Å². The average Bonchev–Trinajstić information content (AvgIpc) is 3.07. The van der Waals surface area contributed by atoms with Crippen LogP contribution in [-0.2, 0) is 12.8 Å². The highest BCUT2D eigenvalue weighted by Gasteiger charge is 2.22. The van der Waals surface area contributed by atoms with Crippen LogP contribution in [0.5, 0.6) is 0 Å². The predicted molar refractivity (Wildman–Crippen MR) is 109 cm³/mol. The summed E-state index contributed by atoms with van der Waals surface area (Å²) in [4.78, 5) is 12.9. The molecule has 1 aliphatic carbocycles. The maximum atomic E-state index is 12.9. The van der Waals surface area contributed by atoms with E-state index in [-0.39, 0.29) is 5.78 Å². The summed E-state index contributed by atoms with van der Waals surface area (Å²) in [6, 6.07) is 18.1. The van der Waals surface area contributed by atoms with Gasteiger partial charge in [0.2, 0.25) is 0 Å². The molecule has 0 aliphatic heterocycles. The maximum absolute atomic E-state index is 12.9. The second-order valence-corrected chi connectivity index (χ2v) is 7.57. The Labute approximate surface area is 160 Å². The molecular formula is C24H24N2O. The van der Waals surface area contributed by atoms with Crippen LogP contribution >= 0.6 is 0 Å². The molecule has 0 spiro atoms. The van der Waals surface area contributed by atoms with Crippen molar-refractivity contribution in [2.24, 2.45) is 5.92 Å². The number of benzene rings is 2. The van der Waals surface area contributed by atoms with Gasteiger partial charge in [0.25, 0.3) is 0 Å². The number of ketones is 1. The molecular weight excluding hydrogens is 332 g/mol. The molecule has 0 N–H and O–H groups in total. The first-order valence-electron chi connectivity index (χ1n) is 9.59. The van der Waals surface area contributed by atoms with Gasteiger partial charge in [-0.05, 0) is 49.0 Å². The van der Waals surface area contributed by atoms with E-state index in [4.69, 9.17) is 5.10 Å². The number of carbonyl (C=O) groups is 1. The van der Waals surface area contributed by atoms with E-state index in [1.807, 2.05) is 59.4 Å². The summed E-state index contributed by atoms with van der Waals surface area (Å²) in [6.07, 6.45) is 6.70. The van der Waals surface area contributed by atoms with Gasteiger partial charge in [-0.25, -0.2) is 4.68 Å². The topological polar surface area (TPSA) is 34.9 Å². The largest absolute Gasteiger partial charge is 0.289 e. The SMILES string of the molecule is CC(C)Cc1nn(-c2ccccc2)cc1C=C1CCc2ccccc2C1=O. The van der Waals surface area contributed by atoms with Crippen molar-refractivity contribution in [1.29, 1.82) is 0 Å². The lowest BCUT2D eigenvalue weighted by molar-refractivity contribution is 0.102. The summed E-state index contributed by atoms with van der Waals surface area (Å²) in [6.45, 7) is 4.39. The number of fused-ring (bicyclic) bond motifs is 1. The molecule has 4 rings (SSSR count). The Bertz CT molecular complexity index is 996. The molecule has 0 amide bonds. The minimum Gasteiger partial charge on any atom is -0.289 e. The number of aromatic nitrogens is 2. The molecule has 3 nitrogen and oxygen atoms in total. The number of hydrogen-bond acceptors (Lipinski definition) is 2. The molecule has 0 saturated carbocycles. The highest BCUT2D eigenvalue weighted by atomic mass is 16.1. The lowest BCUT2D eigenvalue weighted by atomic mass is 9.86. The smallest absolute Gasteiger partial charge is 0.189 e. The maximum Gasteiger partial charge on any atom is 0.189 e. The van der Waals surface area contributed by atoms with E-state index in [9.17, 15) is 4.79 Å². The molecule has 136 valence electrons. The molecule has 3 heteroatoms. The van der Waals surface area contributed by atoms with Crippen LogP contribution in [0.15, 0.2) is 66.4 Å². The molecule has 1 aliphatic rings. The second-order valence-electron chi connectivity index (χ2n) is 7.57. The third kappa shape index (κ3) is 3.63. The Balaban J connectivity index is 1.73. The zero-order valence-electron chi connectivity index (χ0n) is 15.9. The fourth-order valence-electron chi connectivity index (χ4n) is 3.64. The molecule has 3 aromatic rings. The monoisotopic (exact) mass is 356 g/mol. The third-order valence-electron chi connectivity index (χ3n) is 4.99. The molecule has 1 aromatic heterocycles. The first-order valence-corrected chi connectivity index (χ1v) is 9.59. The zero-order chi connectivity index (χ0) is 18.8. The van der Waals surface area contributed by atoms with Crippen molar-refractivity contribution in [1.82, 2.24) is 9.78 Å². The molecule has 0 bridgehead atoms. The Morgan fingerprint density at radius 2 is 1.78 bits per heavy atom. The molecule has 0 saturated heterocycles. The van der Waals surface area contributed by atoms with Crippen molar-refractivity contribution < 1.29 is 4.79 Å². The first-order chi connectivity index (χ1) is 13.1. The van der Waals surface area contributed by atoms with Crippen LogP contribution in [0.3, 0.4) is 0 Å². The molecule has 0 unspecified atom stereocenters. The average molecular weight is 356 g/mol. The van der Waals surface area contributed by atoms with Crippen LogP contribution in [0.2, 0.25) is 0 Å². The Morgan fingerprint density at radius 3 is 2.56 bits per heavy atom. The number of carbonyl (C=O) groups excluding carboxylic acids is 1. The summed E-state index contributed by atoms with van der Waals surface area (Å²) in [5.74, 6) is 0.656. The van der Waals surface area contributed by atoms with Gasteiger partial charge in [0, 0.05) is 22.9 Å². The highest BCUT2D eigenvalue weighted by molar-refractivity contribution is 6.13. The standard InChI is InChI=1S/C24H24N2O/c1-17(2)14-23-20(16-26(25-23)21-9-4-3-5-10-21)15-19-13-12-18-8-6-7-11-22(18)24(19)27/h3-11,15-17H,12-14H2,1-2H3. The van der Waals surface area contributed by atoms with Crippen molar-refractivity contribution in [2.45, 2.75) is 33.1 Å². The lowest BCUT2D eigenvalue weighted by Crippen LogP contribution is -2.13. The van der Waals surface area contributed by atoms with E-state index >= 15 is 0 Å². The van der Waals surface area contributed by atoms with Crippen LogP contribution in [-0.4, -0.2) is 15.6 Å². The van der Waals surface area contributed by atoms with Gasteiger partial charge < -0.3 is 0 Å². The van der Waals surface area contributed by atoms with Gasteiger partial charge in [0.1, 0.15) is 0 Å². The fourth-order valence-corrected chi connectivity index (χ4v) is 3.64. The quantitative estimate of drug-likeness (QED) is 0.596. The Kier molecular flexibility index (Phi) is 4.76. The van der Waals surface area contributed by atoms with Crippen molar-refractivity contribution in [3.05, 3.63) is 88.8 Å². The zero-order valence-corrected chi connectivity index (χ0v) is 15.9. The van der Waals surface area contributed by atoms with E-state index < -0.39 is 0 Å². The summed E-state index contributed by atoms with van der Waals surface area (Å²) >= 11 is 0. The van der Waals surface area contributed by atoms with E-state index in [2.05, 4.69) is 26.0 Å². The highest BCUT2D eigenvalue weighted by Crippen LogP contribution is 2.28. The van der Waals surface area contributed by atoms with Gasteiger partial charge in [0.15, 0.2) is 5.78 Å². The van der Waals surface area contributed by atoms with Crippen LogP contribution < -0.4 is 0 Å². The number of Topliss-reactive ketones (excluding diaryl/α,β-unsaturated/α-hetero) is 1. The van der Waals surface area contributed by atoms with Crippen molar-refractivity contribution in [3.8, 4) is 5.69 Å². The minimum atomic E-state index is 0.153. The van der Waals surface area contributed by atoms with Crippen molar-refractivity contribution in [3.63, 3.8) is 0 Å². The number of nitrogens with zero attached hydrogens (tertiary/aromatic N) is 2. The van der Waals surface area contributed by atoms with Gasteiger partial charge in [-0.3, -0.25) is 4.79 Å². The number of allylic oxidation sites excluding steroid dienone is 1. The van der Waals surface area contributed by atoms with E-state index in [0.717, 1.165) is 52.9 Å². The number of aryl methyl sites for hydroxylation is 1.